The van der Waals surface area contributed by atoms with E-state index in [0.29, 0.717) is 32.2 Å². The molecule has 0 saturated carbocycles. The highest BCUT2D eigenvalue weighted by Gasteiger charge is 2.22. The molecular formula is C13H12BrClN2O2. The van der Waals surface area contributed by atoms with Crippen molar-refractivity contribution in [1.29, 1.82) is 0 Å². The zero-order valence-electron chi connectivity index (χ0n) is 10.7. The number of anilines is 1. The summed E-state index contributed by atoms with van der Waals surface area (Å²) in [6.07, 6.45) is 0. The zero-order valence-corrected chi connectivity index (χ0v) is 13.0. The topological polar surface area (TPSA) is 46.3 Å². The minimum Gasteiger partial charge on any atom is -0.359 e. The number of halogens is 2. The Kier molecular flexibility index (Phi) is 3.96. The summed E-state index contributed by atoms with van der Waals surface area (Å²) < 4.78 is 5.76. The summed E-state index contributed by atoms with van der Waals surface area (Å²) in [6.45, 7) is 3.56. The normalized spacial score (nSPS) is 10.6. The van der Waals surface area contributed by atoms with E-state index in [0.717, 1.165) is 0 Å². The van der Waals surface area contributed by atoms with Crippen molar-refractivity contribution >= 4 is 39.1 Å². The molecule has 0 aliphatic rings. The minimum absolute atomic E-state index is 0.208. The Labute approximate surface area is 124 Å². The summed E-state index contributed by atoms with van der Waals surface area (Å²) in [4.78, 5) is 14.0. The molecule has 0 atom stereocenters. The maximum Gasteiger partial charge on any atom is 0.259 e. The smallest absolute Gasteiger partial charge is 0.259 e. The Balaban J connectivity index is 2.42. The molecule has 19 heavy (non-hydrogen) atoms. The Morgan fingerprint density at radius 2 is 2.11 bits per heavy atom. The van der Waals surface area contributed by atoms with E-state index in [9.17, 15) is 4.79 Å². The largest absolute Gasteiger partial charge is 0.359 e. The van der Waals surface area contributed by atoms with Crippen LogP contribution in [0.3, 0.4) is 0 Å². The van der Waals surface area contributed by atoms with Crippen molar-refractivity contribution < 1.29 is 9.32 Å². The van der Waals surface area contributed by atoms with Crippen LogP contribution in [0.1, 0.15) is 21.8 Å². The Hall–Kier alpha value is -1.33. The third kappa shape index (κ3) is 2.53. The van der Waals surface area contributed by atoms with Crippen molar-refractivity contribution in [3.63, 3.8) is 0 Å². The number of amides is 1. The van der Waals surface area contributed by atoms with Crippen molar-refractivity contribution in [2.75, 3.05) is 11.9 Å². The first kappa shape index (κ1) is 14.1. The third-order valence-electron chi connectivity index (χ3n) is 2.82. The number of hydrogen-bond acceptors (Lipinski definition) is 3. The summed E-state index contributed by atoms with van der Waals surface area (Å²) in [5, 5.41) is 4.24. The Bertz CT molecular complexity index is 620. The maximum atomic E-state index is 12.5. The summed E-state index contributed by atoms with van der Waals surface area (Å²) in [5.41, 5.74) is 1.76. The highest BCUT2D eigenvalue weighted by molar-refractivity contribution is 9.10. The molecule has 0 aliphatic carbocycles. The number of hydrogen-bond donors (Lipinski definition) is 0. The first-order chi connectivity index (χ1) is 8.93. The fourth-order valence-corrected chi connectivity index (χ4v) is 2.48. The van der Waals surface area contributed by atoms with E-state index in [1.807, 2.05) is 0 Å². The van der Waals surface area contributed by atoms with E-state index in [4.69, 9.17) is 16.1 Å². The number of aromatic nitrogens is 1. The van der Waals surface area contributed by atoms with Gasteiger partial charge in [0.15, 0.2) is 5.76 Å². The van der Waals surface area contributed by atoms with Crippen LogP contribution in [0.25, 0.3) is 0 Å². The van der Waals surface area contributed by atoms with Crippen LogP contribution in [0.2, 0.25) is 5.02 Å². The van der Waals surface area contributed by atoms with Gasteiger partial charge in [0.25, 0.3) is 5.91 Å². The number of aryl methyl sites for hydroxylation is 2. The molecule has 0 saturated heterocycles. The van der Waals surface area contributed by atoms with Gasteiger partial charge in [-0.1, -0.05) is 22.8 Å². The van der Waals surface area contributed by atoms with Gasteiger partial charge in [-0.05, 0) is 41.9 Å². The van der Waals surface area contributed by atoms with Gasteiger partial charge in [-0.25, -0.2) is 0 Å². The number of nitrogens with zero attached hydrogens (tertiary/aromatic N) is 2. The minimum atomic E-state index is -0.208. The molecule has 6 heteroatoms. The fraction of sp³-hybridized carbons (Fsp3) is 0.231. The van der Waals surface area contributed by atoms with Crippen LogP contribution < -0.4 is 4.90 Å². The van der Waals surface area contributed by atoms with Gasteiger partial charge in [0.05, 0.1) is 10.6 Å². The molecule has 1 aromatic carbocycles. The lowest BCUT2D eigenvalue weighted by molar-refractivity contribution is 0.0992. The van der Waals surface area contributed by atoms with E-state index >= 15 is 0 Å². The van der Waals surface area contributed by atoms with Crippen molar-refractivity contribution in [1.82, 2.24) is 5.16 Å². The van der Waals surface area contributed by atoms with Crippen LogP contribution in [0.5, 0.6) is 0 Å². The quantitative estimate of drug-likeness (QED) is 0.828. The average Bonchev–Trinajstić information content (AvgIpc) is 2.71. The molecule has 0 N–H and O–H groups in total. The lowest BCUT2D eigenvalue weighted by Crippen LogP contribution is -2.27. The average molecular weight is 344 g/mol. The van der Waals surface area contributed by atoms with Crippen LogP contribution in [0.15, 0.2) is 27.2 Å². The first-order valence-corrected chi connectivity index (χ1v) is 6.75. The van der Waals surface area contributed by atoms with Gasteiger partial charge in [-0.15, -0.1) is 0 Å². The molecule has 100 valence electrons. The molecule has 1 heterocycles. The molecular weight excluding hydrogens is 332 g/mol. The van der Waals surface area contributed by atoms with E-state index < -0.39 is 0 Å². The second kappa shape index (κ2) is 5.35. The lowest BCUT2D eigenvalue weighted by atomic mass is 10.2. The molecule has 0 unspecified atom stereocenters. The van der Waals surface area contributed by atoms with Crippen LogP contribution in [0.4, 0.5) is 5.69 Å². The first-order valence-electron chi connectivity index (χ1n) is 5.58. The SMILES string of the molecule is Cc1noc(C)c1N(C)C(=O)c1cccc(Br)c1Cl. The molecule has 0 radical (unpaired) electrons. The molecule has 1 aromatic heterocycles. The molecule has 2 rings (SSSR count). The monoisotopic (exact) mass is 342 g/mol. The van der Waals surface area contributed by atoms with Crippen LogP contribution in [0, 0.1) is 13.8 Å². The molecule has 0 spiro atoms. The summed E-state index contributed by atoms with van der Waals surface area (Å²) >= 11 is 9.45. The third-order valence-corrected chi connectivity index (χ3v) is 4.11. The van der Waals surface area contributed by atoms with Gasteiger partial charge in [0.2, 0.25) is 0 Å². The van der Waals surface area contributed by atoms with Crippen LogP contribution in [-0.4, -0.2) is 18.1 Å². The molecule has 0 fully saturated rings. The second-order valence-electron chi connectivity index (χ2n) is 4.14. The molecule has 0 aliphatic heterocycles. The number of carbonyl (C=O) groups excluding carboxylic acids is 1. The van der Waals surface area contributed by atoms with Gasteiger partial charge in [0.1, 0.15) is 11.4 Å². The fourth-order valence-electron chi connectivity index (χ4n) is 1.91. The van der Waals surface area contributed by atoms with Crippen molar-refractivity contribution in [2.45, 2.75) is 13.8 Å². The number of benzene rings is 1. The highest BCUT2D eigenvalue weighted by atomic mass is 79.9. The summed E-state index contributed by atoms with van der Waals surface area (Å²) in [6, 6.07) is 5.24. The number of rotatable bonds is 2. The van der Waals surface area contributed by atoms with E-state index in [1.54, 1.807) is 39.1 Å². The second-order valence-corrected chi connectivity index (χ2v) is 5.37. The van der Waals surface area contributed by atoms with Crippen LogP contribution in [-0.2, 0) is 0 Å². The van der Waals surface area contributed by atoms with E-state index in [2.05, 4.69) is 21.1 Å². The predicted molar refractivity (Wildman–Crippen MR) is 77.9 cm³/mol. The van der Waals surface area contributed by atoms with Gasteiger partial charge >= 0.3 is 0 Å². The van der Waals surface area contributed by atoms with Gasteiger partial charge in [-0.2, -0.15) is 0 Å². The van der Waals surface area contributed by atoms with Gasteiger partial charge in [0, 0.05) is 11.5 Å². The molecule has 4 nitrogen and oxygen atoms in total. The lowest BCUT2D eigenvalue weighted by Gasteiger charge is -2.17. The Morgan fingerprint density at radius 3 is 2.68 bits per heavy atom. The van der Waals surface area contributed by atoms with Crippen LogP contribution >= 0.6 is 27.5 Å². The van der Waals surface area contributed by atoms with Gasteiger partial charge in [-0.3, -0.25) is 4.79 Å². The summed E-state index contributed by atoms with van der Waals surface area (Å²) in [5.74, 6) is 0.389. The van der Waals surface area contributed by atoms with E-state index in [-0.39, 0.29) is 5.91 Å². The predicted octanol–water partition coefficient (Wildman–Crippen LogP) is 3.98. The van der Waals surface area contributed by atoms with Gasteiger partial charge < -0.3 is 9.42 Å². The van der Waals surface area contributed by atoms with Crippen molar-refractivity contribution in [3.05, 3.63) is 44.7 Å². The number of carbonyl (C=O) groups is 1. The maximum absolute atomic E-state index is 12.5. The molecule has 2 aromatic rings. The standard InChI is InChI=1S/C13H12BrClN2O2/c1-7-12(8(2)19-16-7)17(3)13(18)9-5-4-6-10(14)11(9)15/h4-6H,1-3H3. The van der Waals surface area contributed by atoms with Crippen molar-refractivity contribution in [3.8, 4) is 0 Å². The Morgan fingerprint density at radius 1 is 1.42 bits per heavy atom. The summed E-state index contributed by atoms with van der Waals surface area (Å²) in [7, 11) is 1.67. The van der Waals surface area contributed by atoms with E-state index in [1.165, 1.54) is 4.90 Å². The molecule has 0 bridgehead atoms. The van der Waals surface area contributed by atoms with Crippen molar-refractivity contribution in [2.24, 2.45) is 0 Å². The highest BCUT2D eigenvalue weighted by Crippen LogP contribution is 2.29. The molecule has 1 amide bonds. The zero-order chi connectivity index (χ0) is 14.2.